The zero-order valence-electron chi connectivity index (χ0n) is 14.7. The van der Waals surface area contributed by atoms with Gasteiger partial charge >= 0.3 is 5.69 Å². The first-order valence-electron chi connectivity index (χ1n) is 9.46. The van der Waals surface area contributed by atoms with Gasteiger partial charge in [0.25, 0.3) is 0 Å². The predicted octanol–water partition coefficient (Wildman–Crippen LogP) is 3.49. The standard InChI is InChI=1S/C21H23N3O2/c25-21-22-17-6-2-3-7-19(17)24(21)15-9-12-23(13-10-15)18-11-14-26-20-8-4-1-5-16(18)20/h1-8,15,18H,9-14H2,(H,22,25). The molecule has 1 atom stereocenters. The van der Waals surface area contributed by atoms with Crippen LogP contribution >= 0.6 is 0 Å². The molecule has 0 radical (unpaired) electrons. The second-order valence-electron chi connectivity index (χ2n) is 7.28. The van der Waals surface area contributed by atoms with Crippen LogP contribution in [0.25, 0.3) is 11.0 Å². The largest absolute Gasteiger partial charge is 0.493 e. The van der Waals surface area contributed by atoms with Crippen LogP contribution in [0.3, 0.4) is 0 Å². The van der Waals surface area contributed by atoms with E-state index in [1.807, 2.05) is 34.9 Å². The van der Waals surface area contributed by atoms with Gasteiger partial charge in [-0.25, -0.2) is 4.79 Å². The monoisotopic (exact) mass is 349 g/mol. The maximum Gasteiger partial charge on any atom is 0.326 e. The van der Waals surface area contributed by atoms with Crippen molar-refractivity contribution in [3.05, 3.63) is 64.6 Å². The number of piperidine rings is 1. The van der Waals surface area contributed by atoms with Crippen LogP contribution in [0.4, 0.5) is 0 Å². The third-order valence-electron chi connectivity index (χ3n) is 5.86. The second-order valence-corrected chi connectivity index (χ2v) is 7.28. The van der Waals surface area contributed by atoms with Crippen LogP contribution in [-0.4, -0.2) is 34.1 Å². The molecule has 0 amide bonds. The third-order valence-corrected chi connectivity index (χ3v) is 5.86. The van der Waals surface area contributed by atoms with Gasteiger partial charge in [-0.15, -0.1) is 0 Å². The molecule has 5 rings (SSSR count). The molecule has 1 saturated heterocycles. The van der Waals surface area contributed by atoms with E-state index in [-0.39, 0.29) is 11.7 Å². The Morgan fingerprint density at radius 1 is 0.962 bits per heavy atom. The van der Waals surface area contributed by atoms with Crippen molar-refractivity contribution in [1.29, 1.82) is 0 Å². The fraction of sp³-hybridized carbons (Fsp3) is 0.381. The lowest BCUT2D eigenvalue weighted by molar-refractivity contribution is 0.101. The number of para-hydroxylation sites is 3. The predicted molar refractivity (Wildman–Crippen MR) is 102 cm³/mol. The van der Waals surface area contributed by atoms with Gasteiger partial charge in [0, 0.05) is 37.2 Å². The first-order valence-corrected chi connectivity index (χ1v) is 9.46. The minimum Gasteiger partial charge on any atom is -0.493 e. The Bertz CT molecular complexity index is 982. The molecule has 3 aromatic rings. The van der Waals surface area contributed by atoms with E-state index in [0.29, 0.717) is 6.04 Å². The molecule has 1 fully saturated rings. The molecule has 1 aromatic heterocycles. The molecule has 2 aliphatic rings. The van der Waals surface area contributed by atoms with Gasteiger partial charge in [0.1, 0.15) is 5.75 Å². The number of nitrogens with one attached hydrogen (secondary N) is 1. The lowest BCUT2D eigenvalue weighted by atomic mass is 9.95. The summed E-state index contributed by atoms with van der Waals surface area (Å²) in [5.41, 5.74) is 3.27. The summed E-state index contributed by atoms with van der Waals surface area (Å²) in [4.78, 5) is 18.0. The van der Waals surface area contributed by atoms with Crippen molar-refractivity contribution < 1.29 is 4.74 Å². The Labute approximate surface area is 152 Å². The van der Waals surface area contributed by atoms with E-state index >= 15 is 0 Å². The first-order chi connectivity index (χ1) is 12.8. The SMILES string of the molecule is O=c1[nH]c2ccccc2n1C1CCN(C2CCOc3ccccc32)CC1. The van der Waals surface area contributed by atoms with Crippen LogP contribution in [-0.2, 0) is 0 Å². The second kappa shape index (κ2) is 6.32. The molecule has 26 heavy (non-hydrogen) atoms. The van der Waals surface area contributed by atoms with E-state index in [0.717, 1.165) is 55.7 Å². The van der Waals surface area contributed by atoms with Crippen molar-refractivity contribution in [2.45, 2.75) is 31.3 Å². The Morgan fingerprint density at radius 2 is 1.73 bits per heavy atom. The van der Waals surface area contributed by atoms with Crippen molar-refractivity contribution in [2.75, 3.05) is 19.7 Å². The van der Waals surface area contributed by atoms with Crippen LogP contribution in [0, 0.1) is 0 Å². The van der Waals surface area contributed by atoms with Crippen LogP contribution in [0.2, 0.25) is 0 Å². The maximum absolute atomic E-state index is 12.5. The molecule has 0 saturated carbocycles. The molecule has 0 aliphatic carbocycles. The summed E-state index contributed by atoms with van der Waals surface area (Å²) in [5, 5.41) is 0. The molecule has 3 heterocycles. The van der Waals surface area contributed by atoms with Crippen LogP contribution in [0.15, 0.2) is 53.3 Å². The van der Waals surface area contributed by atoms with Crippen molar-refractivity contribution in [3.8, 4) is 5.75 Å². The molecule has 5 nitrogen and oxygen atoms in total. The smallest absolute Gasteiger partial charge is 0.326 e. The van der Waals surface area contributed by atoms with Gasteiger partial charge in [0.2, 0.25) is 0 Å². The Kier molecular flexibility index (Phi) is 3.82. The summed E-state index contributed by atoms with van der Waals surface area (Å²) in [6.45, 7) is 2.80. The van der Waals surface area contributed by atoms with Gasteiger partial charge in [0.15, 0.2) is 0 Å². The number of hydrogen-bond donors (Lipinski definition) is 1. The number of benzene rings is 2. The summed E-state index contributed by atoms with van der Waals surface area (Å²) in [5.74, 6) is 1.03. The van der Waals surface area contributed by atoms with Crippen LogP contribution in [0.1, 0.15) is 36.9 Å². The highest BCUT2D eigenvalue weighted by Gasteiger charge is 2.31. The Morgan fingerprint density at radius 3 is 2.62 bits per heavy atom. The first kappa shape index (κ1) is 15.7. The molecule has 0 spiro atoms. The highest BCUT2D eigenvalue weighted by atomic mass is 16.5. The molecular formula is C21H23N3O2. The van der Waals surface area contributed by atoms with Gasteiger partial charge in [-0.3, -0.25) is 9.47 Å². The number of ether oxygens (including phenoxy) is 1. The van der Waals surface area contributed by atoms with E-state index < -0.39 is 0 Å². The van der Waals surface area contributed by atoms with E-state index in [1.54, 1.807) is 0 Å². The van der Waals surface area contributed by atoms with Gasteiger partial charge in [-0.2, -0.15) is 0 Å². The fourth-order valence-electron chi connectivity index (χ4n) is 4.60. The average molecular weight is 349 g/mol. The summed E-state index contributed by atoms with van der Waals surface area (Å²) in [6.07, 6.45) is 3.04. The van der Waals surface area contributed by atoms with Gasteiger partial charge < -0.3 is 9.72 Å². The van der Waals surface area contributed by atoms with Gasteiger partial charge in [0.05, 0.1) is 17.6 Å². The van der Waals surface area contributed by atoms with Crippen molar-refractivity contribution in [2.24, 2.45) is 0 Å². The number of aromatic nitrogens is 2. The molecule has 5 heteroatoms. The molecular weight excluding hydrogens is 326 g/mol. The highest BCUT2D eigenvalue weighted by molar-refractivity contribution is 5.75. The summed E-state index contributed by atoms with van der Waals surface area (Å²) >= 11 is 0. The zero-order valence-corrected chi connectivity index (χ0v) is 14.7. The average Bonchev–Trinajstić information content (AvgIpc) is 3.03. The number of aromatic amines is 1. The number of hydrogen-bond acceptors (Lipinski definition) is 3. The van der Waals surface area contributed by atoms with Crippen molar-refractivity contribution >= 4 is 11.0 Å². The van der Waals surface area contributed by atoms with E-state index in [2.05, 4.69) is 28.1 Å². The molecule has 2 aliphatic heterocycles. The Hall–Kier alpha value is -2.53. The number of nitrogens with zero attached hydrogens (tertiary/aromatic N) is 2. The molecule has 1 unspecified atom stereocenters. The van der Waals surface area contributed by atoms with Crippen LogP contribution < -0.4 is 10.4 Å². The maximum atomic E-state index is 12.5. The Balaban J connectivity index is 1.37. The van der Waals surface area contributed by atoms with Gasteiger partial charge in [-0.05, 0) is 31.0 Å². The number of H-pyrrole nitrogens is 1. The van der Waals surface area contributed by atoms with Crippen LogP contribution in [0.5, 0.6) is 5.75 Å². The number of likely N-dealkylation sites (tertiary alicyclic amines) is 1. The lowest BCUT2D eigenvalue weighted by Gasteiger charge is -2.40. The topological polar surface area (TPSA) is 50.3 Å². The molecule has 1 N–H and O–H groups in total. The lowest BCUT2D eigenvalue weighted by Crippen LogP contribution is -2.40. The number of imidazole rings is 1. The van der Waals surface area contributed by atoms with Crippen molar-refractivity contribution in [3.63, 3.8) is 0 Å². The minimum absolute atomic E-state index is 0.0149. The summed E-state index contributed by atoms with van der Waals surface area (Å²) in [7, 11) is 0. The quantitative estimate of drug-likeness (QED) is 0.770. The van der Waals surface area contributed by atoms with E-state index in [9.17, 15) is 4.79 Å². The van der Waals surface area contributed by atoms with Gasteiger partial charge in [-0.1, -0.05) is 30.3 Å². The molecule has 134 valence electrons. The van der Waals surface area contributed by atoms with Crippen molar-refractivity contribution in [1.82, 2.24) is 14.5 Å². The zero-order chi connectivity index (χ0) is 17.5. The normalized spacial score (nSPS) is 21.5. The van der Waals surface area contributed by atoms with E-state index in [1.165, 1.54) is 5.56 Å². The minimum atomic E-state index is 0.0149. The number of fused-ring (bicyclic) bond motifs is 2. The van der Waals surface area contributed by atoms with E-state index in [4.69, 9.17) is 4.74 Å². The molecule has 2 aromatic carbocycles. The summed E-state index contributed by atoms with van der Waals surface area (Å²) in [6, 6.07) is 17.1. The fourth-order valence-corrected chi connectivity index (χ4v) is 4.60. The highest BCUT2D eigenvalue weighted by Crippen LogP contribution is 2.38. The third kappa shape index (κ3) is 2.54. The molecule has 0 bridgehead atoms. The summed E-state index contributed by atoms with van der Waals surface area (Å²) < 4.78 is 7.78. The number of rotatable bonds is 2.